The fourth-order valence-corrected chi connectivity index (χ4v) is 4.16. The molecule has 3 heterocycles. The van der Waals surface area contributed by atoms with Crippen molar-refractivity contribution in [2.45, 2.75) is 39.8 Å². The van der Waals surface area contributed by atoms with Crippen LogP contribution in [0.4, 0.5) is 0 Å². The Labute approximate surface area is 176 Å². The molecule has 1 N–H and O–H groups in total. The SMILES string of the molecule is Cc1ccc2ncc(C(=O)NCc3ccccc3CN3CCC[C@@H](C)C3)c(=O)n2c1. The molecule has 2 aromatic heterocycles. The van der Waals surface area contributed by atoms with Crippen LogP contribution >= 0.6 is 0 Å². The Kier molecular flexibility index (Phi) is 5.95. The number of likely N-dealkylation sites (tertiary alicyclic amines) is 1. The van der Waals surface area contributed by atoms with E-state index < -0.39 is 5.91 Å². The van der Waals surface area contributed by atoms with Gasteiger partial charge in [-0.15, -0.1) is 0 Å². The van der Waals surface area contributed by atoms with E-state index in [0.717, 1.165) is 36.7 Å². The van der Waals surface area contributed by atoms with E-state index >= 15 is 0 Å². The summed E-state index contributed by atoms with van der Waals surface area (Å²) >= 11 is 0. The zero-order valence-corrected chi connectivity index (χ0v) is 17.6. The van der Waals surface area contributed by atoms with Gasteiger partial charge in [0, 0.05) is 32.0 Å². The maximum Gasteiger partial charge on any atom is 0.270 e. The van der Waals surface area contributed by atoms with E-state index in [-0.39, 0.29) is 11.1 Å². The number of nitrogens with zero attached hydrogens (tertiary/aromatic N) is 3. The van der Waals surface area contributed by atoms with Crippen LogP contribution in [0.25, 0.3) is 5.65 Å². The number of nitrogens with one attached hydrogen (secondary N) is 1. The minimum atomic E-state index is -0.398. The summed E-state index contributed by atoms with van der Waals surface area (Å²) in [7, 11) is 0. The van der Waals surface area contributed by atoms with Crippen LogP contribution in [-0.2, 0) is 13.1 Å². The van der Waals surface area contributed by atoms with Gasteiger partial charge >= 0.3 is 0 Å². The Balaban J connectivity index is 1.49. The van der Waals surface area contributed by atoms with Gasteiger partial charge in [-0.05, 0) is 55.0 Å². The summed E-state index contributed by atoms with van der Waals surface area (Å²) < 4.78 is 1.43. The summed E-state index contributed by atoms with van der Waals surface area (Å²) in [4.78, 5) is 32.2. The number of piperidine rings is 1. The fourth-order valence-electron chi connectivity index (χ4n) is 4.16. The first-order valence-electron chi connectivity index (χ1n) is 10.6. The molecule has 1 saturated heterocycles. The minimum absolute atomic E-state index is 0.0560. The molecule has 1 atom stereocenters. The highest BCUT2D eigenvalue weighted by molar-refractivity contribution is 5.93. The van der Waals surface area contributed by atoms with Crippen LogP contribution in [-0.4, -0.2) is 33.3 Å². The molecule has 0 spiro atoms. The molecule has 4 rings (SSSR count). The first-order valence-corrected chi connectivity index (χ1v) is 10.6. The van der Waals surface area contributed by atoms with Gasteiger partial charge in [-0.3, -0.25) is 18.9 Å². The number of carbonyl (C=O) groups excluding carboxylic acids is 1. The van der Waals surface area contributed by atoms with E-state index in [1.54, 1.807) is 12.3 Å². The Morgan fingerprint density at radius 1 is 1.20 bits per heavy atom. The summed E-state index contributed by atoms with van der Waals surface area (Å²) in [6.07, 6.45) is 5.60. The molecule has 1 aliphatic heterocycles. The number of amides is 1. The van der Waals surface area contributed by atoms with Crippen molar-refractivity contribution in [3.05, 3.63) is 81.4 Å². The predicted octanol–water partition coefficient (Wildman–Crippen LogP) is 3.16. The van der Waals surface area contributed by atoms with Crippen LogP contribution in [0.2, 0.25) is 0 Å². The second-order valence-electron chi connectivity index (χ2n) is 8.35. The van der Waals surface area contributed by atoms with Gasteiger partial charge in [0.05, 0.1) is 0 Å². The molecule has 30 heavy (non-hydrogen) atoms. The summed E-state index contributed by atoms with van der Waals surface area (Å²) in [6.45, 7) is 7.70. The van der Waals surface area contributed by atoms with Crippen molar-refractivity contribution >= 4 is 11.6 Å². The Morgan fingerprint density at radius 3 is 2.80 bits per heavy atom. The van der Waals surface area contributed by atoms with Crippen molar-refractivity contribution in [3.63, 3.8) is 0 Å². The van der Waals surface area contributed by atoms with Crippen molar-refractivity contribution in [3.8, 4) is 0 Å². The molecule has 156 valence electrons. The number of pyridine rings is 1. The normalized spacial score (nSPS) is 17.2. The van der Waals surface area contributed by atoms with Gasteiger partial charge < -0.3 is 5.32 Å². The summed E-state index contributed by atoms with van der Waals surface area (Å²) in [6, 6.07) is 11.8. The zero-order valence-electron chi connectivity index (χ0n) is 17.6. The number of hydrogen-bond donors (Lipinski definition) is 1. The smallest absolute Gasteiger partial charge is 0.270 e. The molecule has 0 unspecified atom stereocenters. The number of rotatable bonds is 5. The van der Waals surface area contributed by atoms with Crippen LogP contribution in [0.3, 0.4) is 0 Å². The number of aryl methyl sites for hydroxylation is 1. The van der Waals surface area contributed by atoms with Crippen molar-refractivity contribution in [2.24, 2.45) is 5.92 Å². The van der Waals surface area contributed by atoms with Crippen LogP contribution in [0, 0.1) is 12.8 Å². The van der Waals surface area contributed by atoms with E-state index in [1.807, 2.05) is 31.2 Å². The number of fused-ring (bicyclic) bond motifs is 1. The van der Waals surface area contributed by atoms with Crippen LogP contribution in [0.1, 0.15) is 46.8 Å². The topological polar surface area (TPSA) is 66.7 Å². The number of benzene rings is 1. The third-order valence-corrected chi connectivity index (χ3v) is 5.79. The average Bonchev–Trinajstić information content (AvgIpc) is 2.74. The number of carbonyl (C=O) groups is 1. The Hall–Kier alpha value is -2.99. The molecular formula is C24H28N4O2. The van der Waals surface area contributed by atoms with E-state index in [0.29, 0.717) is 12.2 Å². The lowest BCUT2D eigenvalue weighted by molar-refractivity contribution is 0.0948. The van der Waals surface area contributed by atoms with Gasteiger partial charge in [-0.1, -0.05) is 37.3 Å². The molecule has 1 aromatic carbocycles. The van der Waals surface area contributed by atoms with E-state index in [1.165, 1.54) is 29.0 Å². The van der Waals surface area contributed by atoms with E-state index in [9.17, 15) is 9.59 Å². The van der Waals surface area contributed by atoms with Crippen molar-refractivity contribution in [2.75, 3.05) is 13.1 Å². The van der Waals surface area contributed by atoms with Crippen LogP contribution in [0.15, 0.2) is 53.6 Å². The second kappa shape index (κ2) is 8.79. The largest absolute Gasteiger partial charge is 0.348 e. The van der Waals surface area contributed by atoms with Crippen LogP contribution < -0.4 is 10.9 Å². The monoisotopic (exact) mass is 404 g/mol. The van der Waals surface area contributed by atoms with Gasteiger partial charge in [0.15, 0.2) is 0 Å². The number of aromatic nitrogens is 2. The quantitative estimate of drug-likeness (QED) is 0.709. The third-order valence-electron chi connectivity index (χ3n) is 5.79. The highest BCUT2D eigenvalue weighted by Crippen LogP contribution is 2.19. The lowest BCUT2D eigenvalue weighted by atomic mass is 9.99. The van der Waals surface area contributed by atoms with Gasteiger partial charge in [0.2, 0.25) is 0 Å². The Morgan fingerprint density at radius 2 is 2.00 bits per heavy atom. The van der Waals surface area contributed by atoms with Crippen LogP contribution in [0.5, 0.6) is 0 Å². The molecule has 0 radical (unpaired) electrons. The van der Waals surface area contributed by atoms with Gasteiger partial charge in [0.25, 0.3) is 11.5 Å². The van der Waals surface area contributed by atoms with Gasteiger partial charge in [-0.25, -0.2) is 4.98 Å². The molecule has 1 aliphatic rings. The summed E-state index contributed by atoms with van der Waals surface area (Å²) in [5.74, 6) is 0.326. The third kappa shape index (κ3) is 4.44. The molecule has 6 nitrogen and oxygen atoms in total. The summed E-state index contributed by atoms with van der Waals surface area (Å²) in [5, 5.41) is 2.91. The van der Waals surface area contributed by atoms with Gasteiger partial charge in [0.1, 0.15) is 11.2 Å². The molecule has 0 aliphatic carbocycles. The van der Waals surface area contributed by atoms with E-state index in [4.69, 9.17) is 0 Å². The Bertz CT molecular complexity index is 1120. The maximum absolute atomic E-state index is 12.7. The molecule has 1 fully saturated rings. The van der Waals surface area contributed by atoms with Crippen molar-refractivity contribution < 1.29 is 4.79 Å². The minimum Gasteiger partial charge on any atom is -0.348 e. The lowest BCUT2D eigenvalue weighted by Crippen LogP contribution is -2.34. The van der Waals surface area contributed by atoms with Gasteiger partial charge in [-0.2, -0.15) is 0 Å². The highest BCUT2D eigenvalue weighted by atomic mass is 16.2. The average molecular weight is 405 g/mol. The fraction of sp³-hybridized carbons (Fsp3) is 0.375. The molecule has 0 saturated carbocycles. The standard InChI is InChI=1S/C24H28N4O2/c1-17-6-5-11-27(14-17)16-20-8-4-3-7-19(20)12-26-23(29)21-13-25-22-10-9-18(2)15-28(22)24(21)30/h3-4,7-10,13,15,17H,5-6,11-12,14,16H2,1-2H3,(H,26,29)/t17-/m1/s1. The second-order valence-corrected chi connectivity index (χ2v) is 8.35. The zero-order chi connectivity index (χ0) is 21.1. The highest BCUT2D eigenvalue weighted by Gasteiger charge is 2.18. The molecular weight excluding hydrogens is 376 g/mol. The maximum atomic E-state index is 12.7. The lowest BCUT2D eigenvalue weighted by Gasteiger charge is -2.31. The molecule has 3 aromatic rings. The molecule has 0 bridgehead atoms. The molecule has 6 heteroatoms. The first kappa shape index (κ1) is 20.3. The summed E-state index contributed by atoms with van der Waals surface area (Å²) in [5.41, 5.74) is 3.47. The number of hydrogen-bond acceptors (Lipinski definition) is 4. The molecule has 1 amide bonds. The first-order chi connectivity index (χ1) is 14.5. The predicted molar refractivity (Wildman–Crippen MR) is 117 cm³/mol. The van der Waals surface area contributed by atoms with Crippen molar-refractivity contribution in [1.82, 2.24) is 19.6 Å². The van der Waals surface area contributed by atoms with E-state index in [2.05, 4.69) is 28.2 Å². The van der Waals surface area contributed by atoms with Crippen molar-refractivity contribution in [1.29, 1.82) is 0 Å².